The van der Waals surface area contributed by atoms with Gasteiger partial charge in [0.05, 0.1) is 6.04 Å². The van der Waals surface area contributed by atoms with E-state index in [4.69, 9.17) is 5.73 Å². The first kappa shape index (κ1) is 8.63. The Morgan fingerprint density at radius 1 is 1.44 bits per heavy atom. The van der Waals surface area contributed by atoms with Crippen LogP contribution < -0.4 is 5.73 Å². The van der Waals surface area contributed by atoms with E-state index >= 15 is 0 Å². The topological polar surface area (TPSA) is 43.1 Å². The van der Waals surface area contributed by atoms with Crippen molar-refractivity contribution in [3.63, 3.8) is 0 Å². The molecule has 0 unspecified atom stereocenters. The SMILES string of the molecule is C[C@@H](N)C(=O)C(C)(C)C. The van der Waals surface area contributed by atoms with E-state index in [9.17, 15) is 4.79 Å². The van der Waals surface area contributed by atoms with Gasteiger partial charge in [-0.2, -0.15) is 0 Å². The molecule has 0 aromatic rings. The first-order valence-corrected chi connectivity index (χ1v) is 3.15. The molecule has 0 radical (unpaired) electrons. The number of Topliss-reactive ketones (excluding diaryl/α,β-unsaturated/α-hetero) is 1. The fourth-order valence-corrected chi connectivity index (χ4v) is 0.683. The number of carbonyl (C=O) groups is 1. The van der Waals surface area contributed by atoms with Gasteiger partial charge in [-0.05, 0) is 6.92 Å². The van der Waals surface area contributed by atoms with Crippen LogP contribution in [-0.4, -0.2) is 11.8 Å². The van der Waals surface area contributed by atoms with Crippen molar-refractivity contribution in [3.05, 3.63) is 0 Å². The summed E-state index contributed by atoms with van der Waals surface area (Å²) in [4.78, 5) is 11.0. The van der Waals surface area contributed by atoms with Crippen molar-refractivity contribution < 1.29 is 4.79 Å². The highest BCUT2D eigenvalue weighted by Crippen LogP contribution is 2.15. The van der Waals surface area contributed by atoms with E-state index in [1.165, 1.54) is 0 Å². The Morgan fingerprint density at radius 2 is 1.78 bits per heavy atom. The minimum atomic E-state index is -0.329. The molecule has 2 heteroatoms. The average molecular weight is 129 g/mol. The maximum Gasteiger partial charge on any atom is 0.154 e. The molecule has 0 aromatic carbocycles. The van der Waals surface area contributed by atoms with Gasteiger partial charge in [0.2, 0.25) is 0 Å². The van der Waals surface area contributed by atoms with E-state index in [1.807, 2.05) is 20.8 Å². The number of hydrogen-bond acceptors (Lipinski definition) is 2. The van der Waals surface area contributed by atoms with Crippen molar-refractivity contribution in [1.29, 1.82) is 0 Å². The molecule has 0 aliphatic heterocycles. The minimum absolute atomic E-state index is 0.113. The summed E-state index contributed by atoms with van der Waals surface area (Å²) in [6.07, 6.45) is 0. The number of hydrogen-bond donors (Lipinski definition) is 1. The summed E-state index contributed by atoms with van der Waals surface area (Å²) in [5.74, 6) is 0.113. The highest BCUT2D eigenvalue weighted by Gasteiger charge is 2.23. The molecule has 2 nitrogen and oxygen atoms in total. The summed E-state index contributed by atoms with van der Waals surface area (Å²) in [6.45, 7) is 7.34. The molecule has 0 fully saturated rings. The molecule has 0 rings (SSSR count). The van der Waals surface area contributed by atoms with Gasteiger partial charge in [-0.15, -0.1) is 0 Å². The van der Waals surface area contributed by atoms with Crippen LogP contribution in [0.25, 0.3) is 0 Å². The summed E-state index contributed by atoms with van der Waals surface area (Å²) >= 11 is 0. The molecule has 0 bridgehead atoms. The monoisotopic (exact) mass is 129 g/mol. The maximum atomic E-state index is 11.0. The second-order valence-electron chi connectivity index (χ2n) is 3.40. The van der Waals surface area contributed by atoms with E-state index in [2.05, 4.69) is 0 Å². The zero-order valence-corrected chi connectivity index (χ0v) is 6.56. The van der Waals surface area contributed by atoms with Crippen molar-refractivity contribution in [3.8, 4) is 0 Å². The summed E-state index contributed by atoms with van der Waals surface area (Å²) in [7, 11) is 0. The number of ketones is 1. The Balaban J connectivity index is 4.06. The van der Waals surface area contributed by atoms with Crippen LogP contribution in [0.3, 0.4) is 0 Å². The van der Waals surface area contributed by atoms with Crippen molar-refractivity contribution >= 4 is 5.78 Å². The fraction of sp³-hybridized carbons (Fsp3) is 0.857. The lowest BCUT2D eigenvalue weighted by Crippen LogP contribution is -2.36. The third-order valence-corrected chi connectivity index (χ3v) is 1.15. The molecule has 0 amide bonds. The van der Waals surface area contributed by atoms with Gasteiger partial charge in [0.25, 0.3) is 0 Å². The van der Waals surface area contributed by atoms with E-state index in [-0.39, 0.29) is 17.2 Å². The van der Waals surface area contributed by atoms with Gasteiger partial charge < -0.3 is 5.73 Å². The van der Waals surface area contributed by atoms with Crippen LogP contribution in [0.1, 0.15) is 27.7 Å². The third kappa shape index (κ3) is 2.61. The van der Waals surface area contributed by atoms with Crippen molar-refractivity contribution in [2.75, 3.05) is 0 Å². The van der Waals surface area contributed by atoms with Gasteiger partial charge in [-0.25, -0.2) is 0 Å². The summed E-state index contributed by atoms with van der Waals surface area (Å²) in [5, 5.41) is 0. The van der Waals surface area contributed by atoms with E-state index in [1.54, 1.807) is 6.92 Å². The summed E-state index contributed by atoms with van der Waals surface area (Å²) < 4.78 is 0. The van der Waals surface area contributed by atoms with Crippen LogP contribution in [0.4, 0.5) is 0 Å². The molecular formula is C7H15NO. The molecule has 0 aromatic heterocycles. The molecule has 0 aliphatic carbocycles. The molecule has 0 saturated carbocycles. The Bertz CT molecular complexity index is 111. The predicted molar refractivity (Wildman–Crippen MR) is 38.1 cm³/mol. The van der Waals surface area contributed by atoms with Gasteiger partial charge in [0.15, 0.2) is 5.78 Å². The Morgan fingerprint density at radius 3 is 1.78 bits per heavy atom. The standard InChI is InChI=1S/C7H15NO/c1-5(8)6(9)7(2,3)4/h5H,8H2,1-4H3/t5-/m1/s1. The lowest BCUT2D eigenvalue weighted by molar-refractivity contribution is -0.127. The smallest absolute Gasteiger partial charge is 0.154 e. The van der Waals surface area contributed by atoms with Gasteiger partial charge in [0, 0.05) is 5.41 Å². The maximum absolute atomic E-state index is 11.0. The van der Waals surface area contributed by atoms with Crippen LogP contribution in [0.5, 0.6) is 0 Å². The average Bonchev–Trinajstić information content (AvgIpc) is 1.62. The quantitative estimate of drug-likeness (QED) is 0.572. The summed E-state index contributed by atoms with van der Waals surface area (Å²) in [5.41, 5.74) is 5.09. The largest absolute Gasteiger partial charge is 0.322 e. The fourth-order valence-electron chi connectivity index (χ4n) is 0.683. The predicted octanol–water partition coefficient (Wildman–Crippen LogP) is 0.949. The first-order valence-electron chi connectivity index (χ1n) is 3.15. The Hall–Kier alpha value is -0.370. The van der Waals surface area contributed by atoms with Crippen molar-refractivity contribution in [2.45, 2.75) is 33.7 Å². The molecule has 9 heavy (non-hydrogen) atoms. The van der Waals surface area contributed by atoms with E-state index < -0.39 is 0 Å². The lowest BCUT2D eigenvalue weighted by atomic mass is 9.87. The molecule has 1 atom stereocenters. The second-order valence-corrected chi connectivity index (χ2v) is 3.40. The van der Waals surface area contributed by atoms with Gasteiger partial charge >= 0.3 is 0 Å². The van der Waals surface area contributed by atoms with E-state index in [0.717, 1.165) is 0 Å². The summed E-state index contributed by atoms with van der Waals surface area (Å²) in [6, 6.07) is -0.329. The molecule has 0 aliphatic rings. The van der Waals surface area contributed by atoms with Crippen molar-refractivity contribution in [2.24, 2.45) is 11.1 Å². The van der Waals surface area contributed by atoms with E-state index in [0.29, 0.717) is 0 Å². The lowest BCUT2D eigenvalue weighted by Gasteiger charge is -2.18. The molecule has 54 valence electrons. The van der Waals surface area contributed by atoms with Crippen LogP contribution in [0, 0.1) is 5.41 Å². The third-order valence-electron chi connectivity index (χ3n) is 1.15. The normalized spacial score (nSPS) is 15.2. The molecule has 0 heterocycles. The highest BCUT2D eigenvalue weighted by molar-refractivity contribution is 5.88. The molecular weight excluding hydrogens is 114 g/mol. The van der Waals surface area contributed by atoms with Crippen LogP contribution in [0.2, 0.25) is 0 Å². The number of nitrogens with two attached hydrogens (primary N) is 1. The zero-order valence-electron chi connectivity index (χ0n) is 6.56. The number of carbonyl (C=O) groups excluding carboxylic acids is 1. The molecule has 0 saturated heterocycles. The van der Waals surface area contributed by atoms with Gasteiger partial charge in [-0.3, -0.25) is 4.79 Å². The minimum Gasteiger partial charge on any atom is -0.322 e. The van der Waals surface area contributed by atoms with Gasteiger partial charge in [0.1, 0.15) is 0 Å². The Kier molecular flexibility index (Phi) is 2.38. The zero-order chi connectivity index (χ0) is 7.65. The molecule has 0 spiro atoms. The first-order chi connectivity index (χ1) is 3.85. The van der Waals surface area contributed by atoms with Crippen LogP contribution in [0.15, 0.2) is 0 Å². The Labute approximate surface area is 56.4 Å². The van der Waals surface area contributed by atoms with Crippen LogP contribution in [-0.2, 0) is 4.79 Å². The van der Waals surface area contributed by atoms with Gasteiger partial charge in [-0.1, -0.05) is 20.8 Å². The molecule has 2 N–H and O–H groups in total. The highest BCUT2D eigenvalue weighted by atomic mass is 16.1. The second kappa shape index (κ2) is 2.48. The van der Waals surface area contributed by atoms with Crippen LogP contribution >= 0.6 is 0 Å². The number of rotatable bonds is 1. The van der Waals surface area contributed by atoms with Crippen molar-refractivity contribution in [1.82, 2.24) is 0 Å².